The largest absolute Gasteiger partial charge is 0.497 e. The number of guanidine groups is 1. The Labute approximate surface area is 197 Å². The molecule has 7 heteroatoms. The van der Waals surface area contributed by atoms with Gasteiger partial charge in [0.05, 0.1) is 20.3 Å². The van der Waals surface area contributed by atoms with Crippen molar-refractivity contribution in [3.63, 3.8) is 0 Å². The van der Waals surface area contributed by atoms with Crippen molar-refractivity contribution in [1.82, 2.24) is 10.6 Å². The average Bonchev–Trinajstić information content (AvgIpc) is 2.75. The summed E-state index contributed by atoms with van der Waals surface area (Å²) in [6, 6.07) is 13.9. The van der Waals surface area contributed by atoms with E-state index in [2.05, 4.69) is 53.7 Å². The number of halogens is 1. The van der Waals surface area contributed by atoms with Crippen molar-refractivity contribution in [2.75, 3.05) is 33.9 Å². The zero-order chi connectivity index (χ0) is 21.2. The van der Waals surface area contributed by atoms with E-state index in [1.807, 2.05) is 6.92 Å². The molecule has 0 aliphatic carbocycles. The van der Waals surface area contributed by atoms with Crippen molar-refractivity contribution in [2.45, 2.75) is 32.8 Å². The average molecular weight is 527 g/mol. The van der Waals surface area contributed by atoms with Crippen molar-refractivity contribution < 1.29 is 14.6 Å². The van der Waals surface area contributed by atoms with Crippen LogP contribution >= 0.6 is 24.0 Å². The van der Waals surface area contributed by atoms with E-state index in [1.54, 1.807) is 32.4 Å². The van der Waals surface area contributed by atoms with Crippen molar-refractivity contribution in [1.29, 1.82) is 0 Å². The van der Waals surface area contributed by atoms with Gasteiger partial charge in [0.25, 0.3) is 0 Å². The highest BCUT2D eigenvalue weighted by molar-refractivity contribution is 14.0. The maximum absolute atomic E-state index is 10.7. The molecule has 2 aromatic carbocycles. The molecule has 3 N–H and O–H groups in total. The smallest absolute Gasteiger partial charge is 0.191 e. The molecular weight excluding hydrogens is 493 g/mol. The van der Waals surface area contributed by atoms with Gasteiger partial charge in [0.1, 0.15) is 11.5 Å². The van der Waals surface area contributed by atoms with Gasteiger partial charge in [-0.2, -0.15) is 0 Å². The molecule has 6 nitrogen and oxygen atoms in total. The Balaban J connectivity index is 0.00000450. The first kappa shape index (κ1) is 26.0. The van der Waals surface area contributed by atoms with Gasteiger partial charge >= 0.3 is 0 Å². The van der Waals surface area contributed by atoms with Gasteiger partial charge < -0.3 is 25.2 Å². The van der Waals surface area contributed by atoms with Gasteiger partial charge in [0.2, 0.25) is 0 Å². The second-order valence-corrected chi connectivity index (χ2v) is 7.04. The van der Waals surface area contributed by atoms with Gasteiger partial charge in [-0.3, -0.25) is 4.99 Å². The molecule has 0 amide bonds. The maximum atomic E-state index is 10.7. The summed E-state index contributed by atoms with van der Waals surface area (Å²) >= 11 is 0. The fraction of sp³-hybridized carbons (Fsp3) is 0.435. The lowest BCUT2D eigenvalue weighted by molar-refractivity contribution is 0.176. The Hall–Kier alpha value is -2.00. The molecule has 0 bridgehead atoms. The van der Waals surface area contributed by atoms with E-state index in [0.29, 0.717) is 42.0 Å². The predicted molar refractivity (Wildman–Crippen MR) is 133 cm³/mol. The fourth-order valence-electron chi connectivity index (χ4n) is 2.97. The topological polar surface area (TPSA) is 75.1 Å². The molecule has 0 heterocycles. The molecule has 0 saturated heterocycles. The van der Waals surface area contributed by atoms with E-state index in [1.165, 1.54) is 11.1 Å². The molecule has 0 spiro atoms. The molecule has 0 aromatic heterocycles. The van der Waals surface area contributed by atoms with Gasteiger partial charge in [-0.25, -0.2) is 0 Å². The third kappa shape index (κ3) is 7.68. The zero-order valence-corrected chi connectivity index (χ0v) is 20.8. The number of nitrogens with zero attached hydrogens (tertiary/aromatic N) is 1. The number of ether oxygens (including phenoxy) is 2. The van der Waals surface area contributed by atoms with E-state index < -0.39 is 6.10 Å². The van der Waals surface area contributed by atoms with E-state index >= 15 is 0 Å². The molecule has 30 heavy (non-hydrogen) atoms. The maximum Gasteiger partial charge on any atom is 0.191 e. The van der Waals surface area contributed by atoms with Gasteiger partial charge in [-0.05, 0) is 37.6 Å². The minimum atomic E-state index is -0.765. The molecule has 2 atom stereocenters. The first-order chi connectivity index (χ1) is 14.0. The highest BCUT2D eigenvalue weighted by atomic mass is 127. The number of hydrogen-bond acceptors (Lipinski definition) is 4. The fourth-order valence-corrected chi connectivity index (χ4v) is 2.97. The third-order valence-corrected chi connectivity index (χ3v) is 4.77. The summed E-state index contributed by atoms with van der Waals surface area (Å²) in [5.74, 6) is 2.27. The Bertz CT molecular complexity index is 797. The summed E-state index contributed by atoms with van der Waals surface area (Å²) in [4.78, 5) is 4.68. The first-order valence-corrected chi connectivity index (χ1v) is 9.97. The summed E-state index contributed by atoms with van der Waals surface area (Å²) in [7, 11) is 3.19. The lowest BCUT2D eigenvalue weighted by atomic mass is 10.0. The van der Waals surface area contributed by atoms with Crippen LogP contribution in [0.3, 0.4) is 0 Å². The van der Waals surface area contributed by atoms with Gasteiger partial charge in [-0.1, -0.05) is 36.8 Å². The molecule has 166 valence electrons. The quantitative estimate of drug-likeness (QED) is 0.261. The monoisotopic (exact) mass is 527 g/mol. The van der Waals surface area contributed by atoms with Crippen LogP contribution in [0.15, 0.2) is 47.5 Å². The molecule has 0 fully saturated rings. The van der Waals surface area contributed by atoms with Crippen LogP contribution in [0.4, 0.5) is 0 Å². The minimum absolute atomic E-state index is 0. The SMILES string of the molecule is CCNC(=NCC(C)c1ccc(C)cc1)NCC(O)c1cc(OC)ccc1OC.I. The van der Waals surface area contributed by atoms with E-state index in [9.17, 15) is 5.11 Å². The molecule has 2 rings (SSSR count). The van der Waals surface area contributed by atoms with Crippen molar-refractivity contribution in [2.24, 2.45) is 4.99 Å². The van der Waals surface area contributed by atoms with Gasteiger partial charge in [0, 0.05) is 31.1 Å². The molecule has 0 radical (unpaired) electrons. The molecule has 0 aliphatic rings. The van der Waals surface area contributed by atoms with Crippen LogP contribution in [0.25, 0.3) is 0 Å². The van der Waals surface area contributed by atoms with Gasteiger partial charge in [0.15, 0.2) is 5.96 Å². The van der Waals surface area contributed by atoms with E-state index in [-0.39, 0.29) is 24.0 Å². The van der Waals surface area contributed by atoms with E-state index in [4.69, 9.17) is 9.47 Å². The van der Waals surface area contributed by atoms with Crippen molar-refractivity contribution in [3.8, 4) is 11.5 Å². The summed E-state index contributed by atoms with van der Waals surface area (Å²) in [6.45, 7) is 7.95. The van der Waals surface area contributed by atoms with Crippen LogP contribution in [-0.4, -0.2) is 44.9 Å². The Morgan fingerprint density at radius 3 is 2.37 bits per heavy atom. The summed E-state index contributed by atoms with van der Waals surface area (Å²) in [6.07, 6.45) is -0.765. The third-order valence-electron chi connectivity index (χ3n) is 4.77. The van der Waals surface area contributed by atoms with Crippen LogP contribution in [0.1, 0.15) is 42.6 Å². The molecule has 0 saturated carbocycles. The lowest BCUT2D eigenvalue weighted by Gasteiger charge is -2.19. The summed E-state index contributed by atoms with van der Waals surface area (Å²) in [5.41, 5.74) is 3.18. The Morgan fingerprint density at radius 1 is 1.07 bits per heavy atom. The number of hydrogen-bond donors (Lipinski definition) is 3. The highest BCUT2D eigenvalue weighted by Crippen LogP contribution is 2.29. The number of nitrogens with one attached hydrogen (secondary N) is 2. The molecule has 2 aromatic rings. The van der Waals surface area contributed by atoms with Crippen molar-refractivity contribution in [3.05, 3.63) is 59.2 Å². The second-order valence-electron chi connectivity index (χ2n) is 7.04. The van der Waals surface area contributed by atoms with Crippen LogP contribution in [0, 0.1) is 6.92 Å². The normalized spacial score (nSPS) is 13.1. The number of aryl methyl sites for hydroxylation is 1. The predicted octanol–water partition coefficient (Wildman–Crippen LogP) is 4.02. The van der Waals surface area contributed by atoms with Crippen LogP contribution in [-0.2, 0) is 0 Å². The molecule has 0 aliphatic heterocycles. The number of methoxy groups -OCH3 is 2. The summed E-state index contributed by atoms with van der Waals surface area (Å²) in [5, 5.41) is 17.1. The minimum Gasteiger partial charge on any atom is -0.497 e. The standard InChI is InChI=1S/C23H33N3O3.HI/c1-6-24-23(25-14-17(3)18-9-7-16(2)8-10-18)26-15-21(27)20-13-19(28-4)11-12-22(20)29-5;/h7-13,17,21,27H,6,14-15H2,1-5H3,(H2,24,25,26);1H. The molecular formula is C23H34IN3O3. The molecule has 2 unspecified atom stereocenters. The highest BCUT2D eigenvalue weighted by Gasteiger charge is 2.15. The first-order valence-electron chi connectivity index (χ1n) is 9.97. The number of aliphatic hydroxyl groups excluding tert-OH is 1. The number of benzene rings is 2. The number of rotatable bonds is 9. The van der Waals surface area contributed by atoms with Crippen molar-refractivity contribution >= 4 is 29.9 Å². The van der Waals surface area contributed by atoms with Crippen LogP contribution in [0.2, 0.25) is 0 Å². The Morgan fingerprint density at radius 2 is 1.77 bits per heavy atom. The zero-order valence-electron chi connectivity index (χ0n) is 18.4. The number of aliphatic hydroxyl groups is 1. The van der Waals surface area contributed by atoms with Gasteiger partial charge in [-0.15, -0.1) is 24.0 Å². The van der Waals surface area contributed by atoms with Crippen LogP contribution < -0.4 is 20.1 Å². The lowest BCUT2D eigenvalue weighted by Crippen LogP contribution is -2.39. The summed E-state index contributed by atoms with van der Waals surface area (Å²) < 4.78 is 10.6. The second kappa shape index (κ2) is 13.3. The number of aliphatic imine (C=N–C) groups is 1. The van der Waals surface area contributed by atoms with Crippen LogP contribution in [0.5, 0.6) is 11.5 Å². The van der Waals surface area contributed by atoms with E-state index in [0.717, 1.165) is 6.54 Å². The Kier molecular flexibility index (Phi) is 11.6.